The maximum Gasteiger partial charge on any atom is 0.235 e. The van der Waals surface area contributed by atoms with Crippen LogP contribution in [-0.4, -0.2) is 19.3 Å². The largest absolute Gasteiger partial charge is 0.486 e. The minimum absolute atomic E-state index is 0.486. The molecule has 5 heteroatoms. The number of aliphatic imine (C=N–C) groups is 1. The molecule has 1 aromatic carbocycles. The maximum absolute atomic E-state index is 10.6. The average molecular weight is 266 g/mol. The Morgan fingerprint density at radius 2 is 1.94 bits per heavy atom. The third-order valence-electron chi connectivity index (χ3n) is 3.58. The van der Waals surface area contributed by atoms with E-state index in [-0.39, 0.29) is 0 Å². The Balaban J connectivity index is 2.15. The Labute approximate surface area is 110 Å². The van der Waals surface area contributed by atoms with Crippen LogP contribution in [0, 0.1) is 0 Å². The van der Waals surface area contributed by atoms with E-state index < -0.39 is 5.54 Å². The molecule has 0 saturated heterocycles. The van der Waals surface area contributed by atoms with Gasteiger partial charge in [-0.25, -0.2) is 4.79 Å². The van der Waals surface area contributed by atoms with Crippen molar-refractivity contribution >= 4 is 17.7 Å². The Morgan fingerprint density at radius 3 is 2.56 bits per heavy atom. The number of halogens is 1. The minimum Gasteiger partial charge on any atom is -0.486 e. The van der Waals surface area contributed by atoms with E-state index in [0.29, 0.717) is 29.7 Å². The second-order valence-electron chi connectivity index (χ2n) is 4.54. The predicted molar refractivity (Wildman–Crippen MR) is 66.1 cm³/mol. The third kappa shape index (κ3) is 1.61. The first-order valence-electron chi connectivity index (χ1n) is 5.94. The van der Waals surface area contributed by atoms with Gasteiger partial charge in [0.15, 0.2) is 11.5 Å². The molecule has 2 aliphatic rings. The molecule has 0 amide bonds. The van der Waals surface area contributed by atoms with Gasteiger partial charge in [-0.1, -0.05) is 17.7 Å². The van der Waals surface area contributed by atoms with Crippen molar-refractivity contribution in [2.24, 2.45) is 4.99 Å². The highest BCUT2D eigenvalue weighted by atomic mass is 35.5. The van der Waals surface area contributed by atoms with Gasteiger partial charge in [0, 0.05) is 5.56 Å². The molecule has 0 bridgehead atoms. The maximum atomic E-state index is 10.6. The van der Waals surface area contributed by atoms with E-state index >= 15 is 0 Å². The van der Waals surface area contributed by atoms with E-state index in [1.165, 1.54) is 0 Å². The van der Waals surface area contributed by atoms with Gasteiger partial charge in [-0.05, 0) is 25.3 Å². The average Bonchev–Trinajstić information content (AvgIpc) is 2.35. The van der Waals surface area contributed by atoms with Crippen LogP contribution >= 0.6 is 11.6 Å². The molecule has 0 aromatic heterocycles. The van der Waals surface area contributed by atoms with Crippen LogP contribution in [0.4, 0.5) is 0 Å². The molecule has 0 N–H and O–H groups in total. The molecule has 3 rings (SSSR count). The zero-order valence-electron chi connectivity index (χ0n) is 9.74. The molecule has 4 nitrogen and oxygen atoms in total. The summed E-state index contributed by atoms with van der Waals surface area (Å²) < 4.78 is 11.2. The zero-order valence-corrected chi connectivity index (χ0v) is 10.5. The lowest BCUT2D eigenvalue weighted by molar-refractivity contribution is 0.160. The quantitative estimate of drug-likeness (QED) is 0.610. The van der Waals surface area contributed by atoms with Crippen molar-refractivity contribution in [3.63, 3.8) is 0 Å². The number of carbonyl (C=O) groups excluding carboxylic acids is 1. The van der Waals surface area contributed by atoms with Crippen molar-refractivity contribution in [3.05, 3.63) is 22.7 Å². The predicted octanol–water partition coefficient (Wildman–Crippen LogP) is 2.83. The van der Waals surface area contributed by atoms with Crippen molar-refractivity contribution in [3.8, 4) is 11.5 Å². The highest BCUT2D eigenvalue weighted by molar-refractivity contribution is 6.32. The highest BCUT2D eigenvalue weighted by Gasteiger charge is 2.42. The van der Waals surface area contributed by atoms with Gasteiger partial charge in [0.05, 0.1) is 5.02 Å². The highest BCUT2D eigenvalue weighted by Crippen LogP contribution is 2.52. The molecular weight excluding hydrogens is 254 g/mol. The number of benzene rings is 1. The van der Waals surface area contributed by atoms with Gasteiger partial charge < -0.3 is 9.47 Å². The van der Waals surface area contributed by atoms with Crippen LogP contribution < -0.4 is 9.47 Å². The molecule has 0 unspecified atom stereocenters. The summed E-state index contributed by atoms with van der Waals surface area (Å²) in [5.41, 5.74) is 0.396. The summed E-state index contributed by atoms with van der Waals surface area (Å²) in [4.78, 5) is 14.6. The Hall–Kier alpha value is -1.51. The van der Waals surface area contributed by atoms with Gasteiger partial charge in [0.1, 0.15) is 18.8 Å². The topological polar surface area (TPSA) is 47.9 Å². The van der Waals surface area contributed by atoms with E-state index in [0.717, 1.165) is 24.8 Å². The molecule has 1 fully saturated rings. The van der Waals surface area contributed by atoms with Crippen molar-refractivity contribution in [1.82, 2.24) is 0 Å². The van der Waals surface area contributed by atoms with Crippen LogP contribution in [0.3, 0.4) is 0 Å². The van der Waals surface area contributed by atoms with Crippen LogP contribution in [-0.2, 0) is 10.3 Å². The van der Waals surface area contributed by atoms with Crippen LogP contribution in [0.1, 0.15) is 24.8 Å². The minimum atomic E-state index is -0.489. The second-order valence-corrected chi connectivity index (χ2v) is 4.95. The Morgan fingerprint density at radius 1 is 1.22 bits per heavy atom. The van der Waals surface area contributed by atoms with Gasteiger partial charge in [0.2, 0.25) is 6.08 Å². The molecule has 1 saturated carbocycles. The van der Waals surface area contributed by atoms with Crippen LogP contribution in [0.5, 0.6) is 11.5 Å². The molecule has 0 spiro atoms. The lowest BCUT2D eigenvalue weighted by atomic mass is 9.72. The first-order chi connectivity index (χ1) is 8.77. The molecule has 0 atom stereocenters. The lowest BCUT2D eigenvalue weighted by Crippen LogP contribution is -2.33. The first-order valence-corrected chi connectivity index (χ1v) is 6.32. The number of rotatable bonds is 2. The van der Waals surface area contributed by atoms with Crippen LogP contribution in [0.15, 0.2) is 17.1 Å². The summed E-state index contributed by atoms with van der Waals surface area (Å²) in [7, 11) is 0. The monoisotopic (exact) mass is 265 g/mol. The Kier molecular flexibility index (Phi) is 2.77. The summed E-state index contributed by atoms with van der Waals surface area (Å²) in [5, 5.41) is 0.526. The summed E-state index contributed by atoms with van der Waals surface area (Å²) in [5.74, 6) is 1.19. The smallest absolute Gasteiger partial charge is 0.235 e. The molecule has 1 aromatic rings. The molecule has 18 heavy (non-hydrogen) atoms. The van der Waals surface area contributed by atoms with E-state index in [4.69, 9.17) is 21.1 Å². The van der Waals surface area contributed by atoms with Crippen molar-refractivity contribution in [2.75, 3.05) is 13.2 Å². The van der Waals surface area contributed by atoms with Crippen molar-refractivity contribution < 1.29 is 14.3 Å². The molecule has 94 valence electrons. The lowest BCUT2D eigenvalue weighted by Gasteiger charge is -2.39. The fourth-order valence-corrected chi connectivity index (χ4v) is 2.71. The second kappa shape index (κ2) is 4.30. The van der Waals surface area contributed by atoms with Gasteiger partial charge in [-0.15, -0.1) is 0 Å². The first kappa shape index (κ1) is 11.6. The fraction of sp³-hybridized carbons (Fsp3) is 0.462. The molecule has 1 heterocycles. The molecular formula is C13H12ClNO3. The molecule has 1 aliphatic heterocycles. The van der Waals surface area contributed by atoms with E-state index in [9.17, 15) is 4.79 Å². The summed E-state index contributed by atoms with van der Waals surface area (Å²) in [6.45, 7) is 0.974. The van der Waals surface area contributed by atoms with Gasteiger partial charge in [-0.2, -0.15) is 4.99 Å². The fourth-order valence-electron chi connectivity index (χ4n) is 2.51. The Bertz CT molecular complexity index is 533. The van der Waals surface area contributed by atoms with Crippen LogP contribution in [0.25, 0.3) is 0 Å². The van der Waals surface area contributed by atoms with Gasteiger partial charge in [0.25, 0.3) is 0 Å². The van der Waals surface area contributed by atoms with E-state index in [1.54, 1.807) is 12.1 Å². The SMILES string of the molecule is O=C=NC1(c2ccc(Cl)c3c2OCCO3)CCC1. The van der Waals surface area contributed by atoms with Gasteiger partial charge in [-0.3, -0.25) is 0 Å². The van der Waals surface area contributed by atoms with Crippen molar-refractivity contribution in [1.29, 1.82) is 0 Å². The molecule has 0 radical (unpaired) electrons. The number of isocyanates is 1. The summed E-state index contributed by atoms with van der Waals surface area (Å²) >= 11 is 6.09. The number of ether oxygens (including phenoxy) is 2. The third-order valence-corrected chi connectivity index (χ3v) is 3.88. The number of hydrogen-bond donors (Lipinski definition) is 0. The van der Waals surface area contributed by atoms with E-state index in [1.807, 2.05) is 6.07 Å². The van der Waals surface area contributed by atoms with Crippen molar-refractivity contribution in [2.45, 2.75) is 24.8 Å². The van der Waals surface area contributed by atoms with E-state index in [2.05, 4.69) is 4.99 Å². The standard InChI is InChI=1S/C13H12ClNO3/c14-10-3-2-9(11-12(10)18-7-6-17-11)13(15-8-16)4-1-5-13/h2-3H,1,4-7H2. The van der Waals surface area contributed by atoms with Crippen LogP contribution in [0.2, 0.25) is 5.02 Å². The zero-order chi connectivity index (χ0) is 12.6. The normalized spacial score (nSPS) is 19.6. The van der Waals surface area contributed by atoms with Gasteiger partial charge >= 0.3 is 0 Å². The molecule has 1 aliphatic carbocycles. The number of fused-ring (bicyclic) bond motifs is 1. The number of hydrogen-bond acceptors (Lipinski definition) is 4. The summed E-state index contributed by atoms with van der Waals surface area (Å²) in [6.07, 6.45) is 4.39. The summed E-state index contributed by atoms with van der Waals surface area (Å²) in [6, 6.07) is 3.64. The number of nitrogens with zero attached hydrogens (tertiary/aromatic N) is 1.